The molecule has 0 spiro atoms. The average molecular weight is 223 g/mol. The van der Waals surface area contributed by atoms with Gasteiger partial charge in [-0.05, 0) is 19.4 Å². The quantitative estimate of drug-likeness (QED) is 0.753. The summed E-state index contributed by atoms with van der Waals surface area (Å²) in [5.74, 6) is 0.269. The topological polar surface area (TPSA) is 35.6 Å². The van der Waals surface area contributed by atoms with E-state index in [2.05, 4.69) is 17.1 Å². The molecule has 0 saturated carbocycles. The van der Waals surface area contributed by atoms with Gasteiger partial charge < -0.3 is 10.2 Å². The van der Waals surface area contributed by atoms with Crippen molar-refractivity contribution in [1.82, 2.24) is 15.1 Å². The molecule has 4 nitrogen and oxygen atoms in total. The molecular weight excluding hydrogens is 202 g/mol. The molecule has 1 fully saturated rings. The van der Waals surface area contributed by atoms with E-state index in [0.29, 0.717) is 6.42 Å². The molecule has 1 amide bonds. The summed E-state index contributed by atoms with van der Waals surface area (Å²) in [5.41, 5.74) is 2.50. The van der Waals surface area contributed by atoms with Gasteiger partial charge in [0.05, 0.1) is 6.42 Å². The summed E-state index contributed by atoms with van der Waals surface area (Å²) < 4.78 is 0. The van der Waals surface area contributed by atoms with E-state index >= 15 is 0 Å². The Hall–Kier alpha value is -0.870. The van der Waals surface area contributed by atoms with Crippen LogP contribution in [-0.2, 0) is 4.79 Å². The first-order chi connectivity index (χ1) is 7.72. The number of hydrogen-bond donors (Lipinski definition) is 1. The number of rotatable bonds is 3. The molecule has 0 aliphatic carbocycles. The maximum Gasteiger partial charge on any atom is 0.230 e. The fourth-order valence-corrected chi connectivity index (χ4v) is 2.51. The van der Waals surface area contributed by atoms with Gasteiger partial charge in [0.1, 0.15) is 0 Å². The SMILES string of the molecule is CCN1C(=O)CC(CN2CCNCC2)=C1C. The Kier molecular flexibility index (Phi) is 3.61. The summed E-state index contributed by atoms with van der Waals surface area (Å²) in [6.07, 6.45) is 0.629. The fraction of sp³-hybridized carbons (Fsp3) is 0.750. The molecule has 0 atom stereocenters. The highest BCUT2D eigenvalue weighted by atomic mass is 16.2. The number of nitrogens with zero attached hydrogens (tertiary/aromatic N) is 2. The summed E-state index contributed by atoms with van der Waals surface area (Å²) >= 11 is 0. The van der Waals surface area contributed by atoms with Crippen LogP contribution in [-0.4, -0.2) is 55.0 Å². The van der Waals surface area contributed by atoms with E-state index in [1.165, 1.54) is 11.3 Å². The molecule has 2 aliphatic rings. The van der Waals surface area contributed by atoms with Crippen LogP contribution in [0.25, 0.3) is 0 Å². The molecule has 0 aromatic rings. The van der Waals surface area contributed by atoms with E-state index in [0.717, 1.165) is 39.3 Å². The molecule has 0 aromatic heterocycles. The minimum absolute atomic E-state index is 0.269. The molecule has 0 bridgehead atoms. The number of hydrogen-bond acceptors (Lipinski definition) is 3. The lowest BCUT2D eigenvalue weighted by Gasteiger charge is -2.27. The van der Waals surface area contributed by atoms with Crippen LogP contribution in [0.3, 0.4) is 0 Å². The Labute approximate surface area is 97.3 Å². The van der Waals surface area contributed by atoms with Crippen LogP contribution < -0.4 is 5.32 Å². The molecule has 1 N–H and O–H groups in total. The van der Waals surface area contributed by atoms with Crippen molar-refractivity contribution < 1.29 is 4.79 Å². The lowest BCUT2D eigenvalue weighted by atomic mass is 10.1. The molecule has 90 valence electrons. The van der Waals surface area contributed by atoms with Crippen molar-refractivity contribution in [3.8, 4) is 0 Å². The number of amides is 1. The van der Waals surface area contributed by atoms with Crippen LogP contribution in [0.5, 0.6) is 0 Å². The first-order valence-electron chi connectivity index (χ1n) is 6.14. The molecule has 4 heteroatoms. The zero-order valence-electron chi connectivity index (χ0n) is 10.3. The smallest absolute Gasteiger partial charge is 0.230 e. The van der Waals surface area contributed by atoms with Crippen LogP contribution in [0.15, 0.2) is 11.3 Å². The monoisotopic (exact) mass is 223 g/mol. The van der Waals surface area contributed by atoms with Crippen LogP contribution in [0.2, 0.25) is 0 Å². The molecule has 16 heavy (non-hydrogen) atoms. The van der Waals surface area contributed by atoms with Gasteiger partial charge in [-0.2, -0.15) is 0 Å². The third kappa shape index (κ3) is 2.28. The lowest BCUT2D eigenvalue weighted by Crippen LogP contribution is -2.44. The first-order valence-corrected chi connectivity index (χ1v) is 6.14. The zero-order valence-corrected chi connectivity index (χ0v) is 10.3. The van der Waals surface area contributed by atoms with Gasteiger partial charge in [0.15, 0.2) is 0 Å². The number of carbonyl (C=O) groups is 1. The van der Waals surface area contributed by atoms with Crippen molar-refractivity contribution in [3.63, 3.8) is 0 Å². The minimum atomic E-state index is 0.269. The van der Waals surface area contributed by atoms with Crippen LogP contribution >= 0.6 is 0 Å². The second-order valence-electron chi connectivity index (χ2n) is 4.53. The highest BCUT2D eigenvalue weighted by Crippen LogP contribution is 2.24. The maximum atomic E-state index is 11.7. The van der Waals surface area contributed by atoms with Crippen molar-refractivity contribution in [2.24, 2.45) is 0 Å². The van der Waals surface area contributed by atoms with Crippen LogP contribution in [0, 0.1) is 0 Å². The standard InChI is InChI=1S/C12H21N3O/c1-3-15-10(2)11(8-12(15)16)9-14-6-4-13-5-7-14/h13H,3-9H2,1-2H3. The summed E-state index contributed by atoms with van der Waals surface area (Å²) in [5, 5.41) is 3.34. The Morgan fingerprint density at radius 2 is 2.00 bits per heavy atom. The summed E-state index contributed by atoms with van der Waals surface area (Å²) in [7, 11) is 0. The largest absolute Gasteiger partial charge is 0.316 e. The van der Waals surface area contributed by atoms with Crippen LogP contribution in [0.4, 0.5) is 0 Å². The number of carbonyl (C=O) groups excluding carboxylic acids is 1. The van der Waals surface area contributed by atoms with Gasteiger partial charge in [-0.25, -0.2) is 0 Å². The highest BCUT2D eigenvalue weighted by Gasteiger charge is 2.27. The molecular formula is C12H21N3O. The Morgan fingerprint density at radius 1 is 1.31 bits per heavy atom. The predicted molar refractivity (Wildman–Crippen MR) is 64.0 cm³/mol. The van der Waals surface area contributed by atoms with E-state index < -0.39 is 0 Å². The van der Waals surface area contributed by atoms with Crippen molar-refractivity contribution in [1.29, 1.82) is 0 Å². The van der Waals surface area contributed by atoms with E-state index in [9.17, 15) is 4.79 Å². The predicted octanol–water partition coefficient (Wildman–Crippen LogP) is 0.418. The van der Waals surface area contributed by atoms with Gasteiger partial charge in [0.2, 0.25) is 5.91 Å². The molecule has 2 heterocycles. The fourth-order valence-electron chi connectivity index (χ4n) is 2.51. The highest BCUT2D eigenvalue weighted by molar-refractivity contribution is 5.84. The van der Waals surface area contributed by atoms with Crippen LogP contribution in [0.1, 0.15) is 20.3 Å². The van der Waals surface area contributed by atoms with E-state index in [1.54, 1.807) is 0 Å². The number of piperazine rings is 1. The second kappa shape index (κ2) is 4.97. The second-order valence-corrected chi connectivity index (χ2v) is 4.53. The normalized spacial score (nSPS) is 23.4. The molecule has 2 aliphatic heterocycles. The van der Waals surface area contributed by atoms with Crippen molar-refractivity contribution >= 4 is 5.91 Å². The molecule has 0 unspecified atom stereocenters. The minimum Gasteiger partial charge on any atom is -0.316 e. The van der Waals surface area contributed by atoms with Gasteiger partial charge in [-0.1, -0.05) is 0 Å². The van der Waals surface area contributed by atoms with E-state index in [1.807, 2.05) is 11.8 Å². The number of nitrogens with one attached hydrogen (secondary N) is 1. The van der Waals surface area contributed by atoms with Gasteiger partial charge >= 0.3 is 0 Å². The Balaban J connectivity index is 1.98. The van der Waals surface area contributed by atoms with Gasteiger partial charge in [0, 0.05) is 45.0 Å². The number of allylic oxidation sites excluding steroid dienone is 1. The van der Waals surface area contributed by atoms with Crippen molar-refractivity contribution in [2.75, 3.05) is 39.3 Å². The first kappa shape index (κ1) is 11.6. The maximum absolute atomic E-state index is 11.7. The summed E-state index contributed by atoms with van der Waals surface area (Å²) in [6.45, 7) is 10.2. The third-order valence-corrected chi connectivity index (χ3v) is 3.52. The van der Waals surface area contributed by atoms with Crippen molar-refractivity contribution in [3.05, 3.63) is 11.3 Å². The molecule has 0 radical (unpaired) electrons. The third-order valence-electron chi connectivity index (χ3n) is 3.52. The van der Waals surface area contributed by atoms with Gasteiger partial charge in [0.25, 0.3) is 0 Å². The van der Waals surface area contributed by atoms with Crippen molar-refractivity contribution in [2.45, 2.75) is 20.3 Å². The molecule has 1 saturated heterocycles. The molecule has 0 aromatic carbocycles. The van der Waals surface area contributed by atoms with E-state index in [-0.39, 0.29) is 5.91 Å². The van der Waals surface area contributed by atoms with E-state index in [4.69, 9.17) is 0 Å². The molecule has 2 rings (SSSR count). The van der Waals surface area contributed by atoms with Gasteiger partial charge in [-0.15, -0.1) is 0 Å². The Bertz CT molecular complexity index is 305. The Morgan fingerprint density at radius 3 is 2.56 bits per heavy atom. The van der Waals surface area contributed by atoms with Gasteiger partial charge in [-0.3, -0.25) is 9.69 Å². The average Bonchev–Trinajstić information content (AvgIpc) is 2.55. The zero-order chi connectivity index (χ0) is 11.5. The summed E-state index contributed by atoms with van der Waals surface area (Å²) in [6, 6.07) is 0. The lowest BCUT2D eigenvalue weighted by molar-refractivity contribution is -0.127. The summed E-state index contributed by atoms with van der Waals surface area (Å²) in [4.78, 5) is 16.1.